The number of hydrogen-bond acceptors (Lipinski definition) is 5. The third-order valence-corrected chi connectivity index (χ3v) is 7.03. The molecule has 27 heavy (non-hydrogen) atoms. The maximum absolute atomic E-state index is 12.7. The van der Waals surface area contributed by atoms with Crippen molar-refractivity contribution in [3.63, 3.8) is 0 Å². The highest BCUT2D eigenvalue weighted by Gasteiger charge is 2.29. The van der Waals surface area contributed by atoms with Crippen LogP contribution in [0.2, 0.25) is 0 Å². The van der Waals surface area contributed by atoms with Crippen LogP contribution in [0.25, 0.3) is 0 Å². The van der Waals surface area contributed by atoms with Crippen LogP contribution in [0.3, 0.4) is 0 Å². The SMILES string of the molecule is CC(C(=O)NCc1ccccc1CS(=O)(=O)N1CCOCC1)C1CNC1.Cl. The summed E-state index contributed by atoms with van der Waals surface area (Å²) in [7, 11) is -3.39. The first-order chi connectivity index (χ1) is 12.5. The first-order valence-electron chi connectivity index (χ1n) is 9.08. The minimum atomic E-state index is -3.39. The zero-order valence-electron chi connectivity index (χ0n) is 15.5. The van der Waals surface area contributed by atoms with Crippen LogP contribution in [-0.4, -0.2) is 58.0 Å². The van der Waals surface area contributed by atoms with Gasteiger partial charge in [-0.1, -0.05) is 31.2 Å². The Morgan fingerprint density at radius 2 is 1.89 bits per heavy atom. The Kier molecular flexibility index (Phi) is 8.05. The molecule has 2 aliphatic rings. The highest BCUT2D eigenvalue weighted by atomic mass is 35.5. The van der Waals surface area contributed by atoms with Crippen molar-refractivity contribution in [3.8, 4) is 0 Å². The van der Waals surface area contributed by atoms with Gasteiger partial charge in [-0.25, -0.2) is 8.42 Å². The minimum Gasteiger partial charge on any atom is -0.379 e. The topological polar surface area (TPSA) is 87.7 Å². The number of ether oxygens (including phenoxy) is 1. The van der Waals surface area contributed by atoms with Gasteiger partial charge in [-0.3, -0.25) is 4.79 Å². The molecule has 2 fully saturated rings. The lowest BCUT2D eigenvalue weighted by atomic mass is 9.88. The summed E-state index contributed by atoms with van der Waals surface area (Å²) in [4.78, 5) is 12.3. The van der Waals surface area contributed by atoms with E-state index in [0.717, 1.165) is 24.2 Å². The molecule has 2 N–H and O–H groups in total. The summed E-state index contributed by atoms with van der Waals surface area (Å²) in [5.41, 5.74) is 1.58. The normalized spacial score (nSPS) is 19.6. The number of benzene rings is 1. The van der Waals surface area contributed by atoms with Crippen LogP contribution >= 0.6 is 12.4 Å². The Hall–Kier alpha value is -1.19. The molecule has 0 aromatic heterocycles. The van der Waals surface area contributed by atoms with Crippen LogP contribution in [0.5, 0.6) is 0 Å². The minimum absolute atomic E-state index is 0. The van der Waals surface area contributed by atoms with E-state index >= 15 is 0 Å². The van der Waals surface area contributed by atoms with Crippen molar-refractivity contribution in [2.24, 2.45) is 11.8 Å². The molecule has 1 atom stereocenters. The highest BCUT2D eigenvalue weighted by Crippen LogP contribution is 2.18. The average Bonchev–Trinajstić information content (AvgIpc) is 2.59. The van der Waals surface area contributed by atoms with Gasteiger partial charge in [0.15, 0.2) is 0 Å². The maximum atomic E-state index is 12.7. The van der Waals surface area contributed by atoms with Crippen molar-refractivity contribution in [2.75, 3.05) is 39.4 Å². The third kappa shape index (κ3) is 5.65. The second-order valence-corrected chi connectivity index (χ2v) is 8.93. The number of hydrogen-bond donors (Lipinski definition) is 2. The van der Waals surface area contributed by atoms with E-state index in [9.17, 15) is 13.2 Å². The molecule has 7 nitrogen and oxygen atoms in total. The zero-order valence-corrected chi connectivity index (χ0v) is 17.2. The lowest BCUT2D eigenvalue weighted by Gasteiger charge is -2.31. The van der Waals surface area contributed by atoms with Gasteiger partial charge < -0.3 is 15.4 Å². The van der Waals surface area contributed by atoms with E-state index in [0.29, 0.717) is 38.8 Å². The predicted molar refractivity (Wildman–Crippen MR) is 106 cm³/mol. The van der Waals surface area contributed by atoms with Gasteiger partial charge in [0.05, 0.1) is 19.0 Å². The van der Waals surface area contributed by atoms with Gasteiger partial charge in [-0.05, 0) is 30.1 Å². The fourth-order valence-corrected chi connectivity index (χ4v) is 4.77. The van der Waals surface area contributed by atoms with Crippen molar-refractivity contribution in [3.05, 3.63) is 35.4 Å². The lowest BCUT2D eigenvalue weighted by molar-refractivity contribution is -0.126. The van der Waals surface area contributed by atoms with Crippen molar-refractivity contribution < 1.29 is 17.9 Å². The zero-order chi connectivity index (χ0) is 18.6. The molecule has 2 saturated heterocycles. The fourth-order valence-electron chi connectivity index (χ4n) is 3.21. The van der Waals surface area contributed by atoms with E-state index in [1.165, 1.54) is 4.31 Å². The summed E-state index contributed by atoms with van der Waals surface area (Å²) in [6.07, 6.45) is 0. The number of rotatable bonds is 7. The molecular weight excluding hydrogens is 390 g/mol. The van der Waals surface area contributed by atoms with E-state index in [2.05, 4.69) is 10.6 Å². The van der Waals surface area contributed by atoms with Gasteiger partial charge in [0.2, 0.25) is 15.9 Å². The van der Waals surface area contributed by atoms with E-state index in [1.54, 1.807) is 0 Å². The molecule has 0 bridgehead atoms. The smallest absolute Gasteiger partial charge is 0.223 e. The molecule has 152 valence electrons. The summed E-state index contributed by atoms with van der Waals surface area (Å²) < 4.78 is 32.0. The second kappa shape index (κ2) is 9.84. The Morgan fingerprint density at radius 1 is 1.26 bits per heavy atom. The van der Waals surface area contributed by atoms with Crippen molar-refractivity contribution in [1.29, 1.82) is 0 Å². The number of amides is 1. The summed E-state index contributed by atoms with van der Waals surface area (Å²) in [6.45, 7) is 5.71. The summed E-state index contributed by atoms with van der Waals surface area (Å²) in [6, 6.07) is 7.39. The first-order valence-corrected chi connectivity index (χ1v) is 10.7. The number of nitrogens with zero attached hydrogens (tertiary/aromatic N) is 1. The third-order valence-electron chi connectivity index (χ3n) is 5.21. The number of nitrogens with one attached hydrogen (secondary N) is 2. The molecule has 1 unspecified atom stereocenters. The number of halogens is 1. The molecule has 1 amide bonds. The monoisotopic (exact) mass is 417 g/mol. The van der Waals surface area contributed by atoms with Crippen molar-refractivity contribution >= 4 is 28.3 Å². The quantitative estimate of drug-likeness (QED) is 0.683. The Balaban J connectivity index is 0.00000261. The molecule has 0 spiro atoms. The van der Waals surface area contributed by atoms with Crippen molar-refractivity contribution in [2.45, 2.75) is 19.2 Å². The van der Waals surface area contributed by atoms with Gasteiger partial charge >= 0.3 is 0 Å². The molecule has 2 heterocycles. The van der Waals surface area contributed by atoms with Crippen LogP contribution in [0.15, 0.2) is 24.3 Å². The maximum Gasteiger partial charge on any atom is 0.223 e. The number of carbonyl (C=O) groups is 1. The van der Waals surface area contributed by atoms with Gasteiger partial charge in [-0.15, -0.1) is 12.4 Å². The average molecular weight is 418 g/mol. The summed E-state index contributed by atoms with van der Waals surface area (Å²) >= 11 is 0. The molecule has 0 radical (unpaired) electrons. The highest BCUT2D eigenvalue weighted by molar-refractivity contribution is 7.88. The largest absolute Gasteiger partial charge is 0.379 e. The van der Waals surface area contributed by atoms with Crippen molar-refractivity contribution in [1.82, 2.24) is 14.9 Å². The van der Waals surface area contributed by atoms with Gasteiger partial charge in [-0.2, -0.15) is 4.31 Å². The van der Waals surface area contributed by atoms with Crippen LogP contribution in [0.4, 0.5) is 0 Å². The first kappa shape index (κ1) is 22.1. The van der Waals surface area contributed by atoms with Crippen LogP contribution in [-0.2, 0) is 31.9 Å². The summed E-state index contributed by atoms with van der Waals surface area (Å²) in [5, 5.41) is 6.13. The predicted octanol–water partition coefficient (Wildman–Crippen LogP) is 0.742. The van der Waals surface area contributed by atoms with E-state index in [-0.39, 0.29) is 30.0 Å². The van der Waals surface area contributed by atoms with Crippen LogP contribution in [0, 0.1) is 11.8 Å². The van der Waals surface area contributed by atoms with Gasteiger partial charge in [0, 0.05) is 25.6 Å². The molecule has 1 aromatic rings. The standard InChI is InChI=1S/C18H27N3O4S.ClH/c1-14(17-10-19-11-17)18(22)20-12-15-4-2-3-5-16(15)13-26(23,24)21-6-8-25-9-7-21;/h2-5,14,17,19H,6-13H2,1H3,(H,20,22);1H. The fraction of sp³-hybridized carbons (Fsp3) is 0.611. The molecular formula is C18H28ClN3O4S. The molecule has 9 heteroatoms. The summed E-state index contributed by atoms with van der Waals surface area (Å²) in [5.74, 6) is 0.302. The molecule has 1 aromatic carbocycles. The number of sulfonamides is 1. The molecule has 3 rings (SSSR count). The van der Waals surface area contributed by atoms with E-state index < -0.39 is 10.0 Å². The molecule has 2 aliphatic heterocycles. The lowest BCUT2D eigenvalue weighted by Crippen LogP contribution is -2.49. The van der Waals surface area contributed by atoms with Crippen LogP contribution < -0.4 is 10.6 Å². The Morgan fingerprint density at radius 3 is 2.48 bits per heavy atom. The number of morpholine rings is 1. The van der Waals surface area contributed by atoms with Gasteiger partial charge in [0.25, 0.3) is 0 Å². The van der Waals surface area contributed by atoms with E-state index in [1.807, 2.05) is 31.2 Å². The van der Waals surface area contributed by atoms with E-state index in [4.69, 9.17) is 4.74 Å². The molecule has 0 aliphatic carbocycles. The number of carbonyl (C=O) groups excluding carboxylic acids is 1. The Labute approximate surface area is 167 Å². The second-order valence-electron chi connectivity index (χ2n) is 6.96. The Bertz CT molecular complexity index is 734. The molecule has 0 saturated carbocycles. The van der Waals surface area contributed by atoms with Crippen LogP contribution in [0.1, 0.15) is 18.1 Å². The van der Waals surface area contributed by atoms with Gasteiger partial charge in [0.1, 0.15) is 0 Å².